The molecule has 198 valence electrons. The van der Waals surface area contributed by atoms with Crippen LogP contribution in [0.2, 0.25) is 0 Å². The second-order valence-corrected chi connectivity index (χ2v) is 12.0. The van der Waals surface area contributed by atoms with Crippen LogP contribution in [0.15, 0.2) is 0 Å². The molecule has 6 aliphatic rings. The van der Waals surface area contributed by atoms with Crippen LogP contribution in [0.1, 0.15) is 38.5 Å². The molecule has 0 amide bonds. The van der Waals surface area contributed by atoms with Crippen LogP contribution in [0, 0.1) is 11.8 Å². The van der Waals surface area contributed by atoms with E-state index in [-0.39, 0.29) is 59.3 Å². The van der Waals surface area contributed by atoms with Crippen molar-refractivity contribution in [3.8, 4) is 0 Å². The van der Waals surface area contributed by atoms with E-state index in [1.165, 1.54) is 0 Å². The number of hydrogen-bond acceptors (Lipinski definition) is 10. The first-order valence-electron chi connectivity index (χ1n) is 12.6. The van der Waals surface area contributed by atoms with Crippen molar-refractivity contribution in [2.75, 3.05) is 54.9 Å². The molecule has 0 spiro atoms. The van der Waals surface area contributed by atoms with Gasteiger partial charge >= 0.3 is 0 Å². The van der Waals surface area contributed by atoms with Gasteiger partial charge in [0.25, 0.3) is 0 Å². The minimum absolute atomic E-state index is 0.0250. The maximum absolute atomic E-state index is 6.60. The second-order valence-electron chi connectivity index (χ2n) is 9.55. The number of hydrogen-bond donors (Lipinski definition) is 0. The fourth-order valence-electron chi connectivity index (χ4n) is 5.84. The summed E-state index contributed by atoms with van der Waals surface area (Å²) in [5.74, 6) is 0.485. The van der Waals surface area contributed by atoms with E-state index in [1.54, 1.807) is 50.0 Å². The van der Waals surface area contributed by atoms with Gasteiger partial charge in [-0.3, -0.25) is 0 Å². The zero-order valence-corrected chi connectivity index (χ0v) is 22.6. The van der Waals surface area contributed by atoms with E-state index in [2.05, 4.69) is 0 Å². The van der Waals surface area contributed by atoms with Gasteiger partial charge in [-0.2, -0.15) is 0 Å². The Morgan fingerprint density at radius 3 is 1.35 bits per heavy atom. The molecule has 6 aliphatic heterocycles. The summed E-state index contributed by atoms with van der Waals surface area (Å²) >= 11 is 0. The monoisotopic (exact) mass is 522 g/mol. The summed E-state index contributed by atoms with van der Waals surface area (Å²) in [5.41, 5.74) is -0.0536. The van der Waals surface area contributed by atoms with Crippen molar-refractivity contribution in [3.05, 3.63) is 0 Å². The molecule has 0 saturated carbocycles. The van der Waals surface area contributed by atoms with Gasteiger partial charge in [-0.05, 0) is 25.7 Å². The molecular weight excluding hydrogens is 480 g/mol. The van der Waals surface area contributed by atoms with Crippen LogP contribution in [-0.2, 0) is 37.9 Å². The highest BCUT2D eigenvalue weighted by Gasteiger charge is 2.50. The Balaban J connectivity index is 1.49. The predicted octanol–water partition coefficient (Wildman–Crippen LogP) is 3.51. The van der Waals surface area contributed by atoms with Crippen molar-refractivity contribution in [2.45, 2.75) is 86.0 Å². The lowest BCUT2D eigenvalue weighted by Gasteiger charge is -2.48. The SMILES string of the molecule is COC1C2COCCCCC(C(SSC3OC4COCCCCC3C(OC)C4OC)O2)C1OC. The zero-order chi connectivity index (χ0) is 23.9. The molecule has 6 rings (SSSR count). The number of methoxy groups -OCH3 is 4. The Hall–Kier alpha value is 0.380. The molecule has 4 bridgehead atoms. The molecule has 10 heteroatoms. The Labute approximate surface area is 212 Å². The first-order valence-corrected chi connectivity index (χ1v) is 14.9. The van der Waals surface area contributed by atoms with Crippen molar-refractivity contribution < 1.29 is 37.9 Å². The van der Waals surface area contributed by atoms with Gasteiger partial charge in [-0.1, -0.05) is 34.4 Å². The maximum Gasteiger partial charge on any atom is 0.119 e. The average molecular weight is 523 g/mol. The van der Waals surface area contributed by atoms with Crippen molar-refractivity contribution in [1.29, 1.82) is 0 Å². The fourth-order valence-corrected chi connectivity index (χ4v) is 9.09. The van der Waals surface area contributed by atoms with Crippen LogP contribution in [0.3, 0.4) is 0 Å². The minimum atomic E-state index is -0.151. The summed E-state index contributed by atoms with van der Waals surface area (Å²) in [6, 6.07) is 0. The highest BCUT2D eigenvalue weighted by molar-refractivity contribution is 8.77. The molecule has 6 heterocycles. The van der Waals surface area contributed by atoms with Crippen LogP contribution in [0.5, 0.6) is 0 Å². The molecular formula is C24H42O8S2. The highest BCUT2D eigenvalue weighted by atomic mass is 33.1. The molecule has 0 radical (unpaired) electrons. The van der Waals surface area contributed by atoms with E-state index in [0.717, 1.165) is 51.7 Å². The second kappa shape index (κ2) is 13.8. The summed E-state index contributed by atoms with van der Waals surface area (Å²) in [6.45, 7) is 2.59. The summed E-state index contributed by atoms with van der Waals surface area (Å²) < 4.78 is 48.7. The lowest BCUT2D eigenvalue weighted by Crippen LogP contribution is -2.57. The molecule has 6 fully saturated rings. The Bertz CT molecular complexity index is 551. The first kappa shape index (κ1) is 27.4. The summed E-state index contributed by atoms with van der Waals surface area (Å²) in [6.07, 6.45) is 5.71. The van der Waals surface area contributed by atoms with Gasteiger partial charge in [-0.15, -0.1) is 0 Å². The van der Waals surface area contributed by atoms with E-state index < -0.39 is 0 Å². The fraction of sp³-hybridized carbons (Fsp3) is 1.00. The van der Waals surface area contributed by atoms with Gasteiger partial charge in [0.2, 0.25) is 0 Å². The maximum atomic E-state index is 6.60. The predicted molar refractivity (Wildman–Crippen MR) is 132 cm³/mol. The lowest BCUT2D eigenvalue weighted by atomic mass is 9.87. The topological polar surface area (TPSA) is 73.8 Å². The van der Waals surface area contributed by atoms with Crippen molar-refractivity contribution in [1.82, 2.24) is 0 Å². The van der Waals surface area contributed by atoms with Gasteiger partial charge < -0.3 is 37.9 Å². The molecule has 0 aromatic rings. The summed E-state index contributed by atoms with van der Waals surface area (Å²) in [7, 11) is 10.6. The van der Waals surface area contributed by atoms with Gasteiger partial charge in [0, 0.05) is 53.5 Å². The van der Waals surface area contributed by atoms with Gasteiger partial charge in [-0.25, -0.2) is 0 Å². The van der Waals surface area contributed by atoms with Crippen LogP contribution in [-0.4, -0.2) is 102 Å². The molecule has 6 saturated heterocycles. The Kier molecular flexibility index (Phi) is 11.1. The number of rotatable bonds is 7. The number of fused-ring (bicyclic) bond motifs is 14. The molecule has 10 atom stereocenters. The van der Waals surface area contributed by atoms with E-state index in [4.69, 9.17) is 37.9 Å². The standard InChI is InChI=1S/C24H42O8S2/c1-25-19-15-9-5-7-11-29-13-17(21(19)27-3)31-23(15)33-34-24-16-10-6-8-12-30-14-18(32-24)22(28-4)20(16)26-2/h15-24H,5-14H2,1-4H3. The highest BCUT2D eigenvalue weighted by Crippen LogP contribution is 2.48. The van der Waals surface area contributed by atoms with Crippen LogP contribution < -0.4 is 0 Å². The molecule has 0 aromatic carbocycles. The zero-order valence-electron chi connectivity index (χ0n) is 20.9. The van der Waals surface area contributed by atoms with Crippen LogP contribution >= 0.6 is 21.6 Å². The Morgan fingerprint density at radius 2 is 0.971 bits per heavy atom. The van der Waals surface area contributed by atoms with Crippen molar-refractivity contribution >= 4 is 21.6 Å². The average Bonchev–Trinajstić information content (AvgIpc) is 2.87. The summed E-state index contributed by atoms with van der Waals surface area (Å²) in [4.78, 5) is 0. The molecule has 10 unspecified atom stereocenters. The molecule has 0 aromatic heterocycles. The van der Waals surface area contributed by atoms with Crippen molar-refractivity contribution in [2.24, 2.45) is 11.8 Å². The quantitative estimate of drug-likeness (QED) is 0.464. The van der Waals surface area contributed by atoms with Gasteiger partial charge in [0.05, 0.1) is 25.4 Å². The lowest BCUT2D eigenvalue weighted by molar-refractivity contribution is -0.211. The largest absolute Gasteiger partial charge is 0.379 e. The third kappa shape index (κ3) is 6.26. The molecule has 34 heavy (non-hydrogen) atoms. The molecule has 8 nitrogen and oxygen atoms in total. The van der Waals surface area contributed by atoms with Crippen LogP contribution in [0.25, 0.3) is 0 Å². The molecule has 0 aliphatic carbocycles. The molecule has 0 N–H and O–H groups in total. The van der Waals surface area contributed by atoms with Crippen LogP contribution in [0.4, 0.5) is 0 Å². The van der Waals surface area contributed by atoms with E-state index in [1.807, 2.05) is 0 Å². The van der Waals surface area contributed by atoms with Gasteiger partial charge in [0.15, 0.2) is 0 Å². The van der Waals surface area contributed by atoms with Gasteiger partial charge in [0.1, 0.15) is 35.3 Å². The van der Waals surface area contributed by atoms with E-state index in [9.17, 15) is 0 Å². The van der Waals surface area contributed by atoms with Crippen molar-refractivity contribution in [3.63, 3.8) is 0 Å². The Morgan fingerprint density at radius 1 is 0.559 bits per heavy atom. The smallest absolute Gasteiger partial charge is 0.119 e. The number of ether oxygens (including phenoxy) is 8. The first-order chi connectivity index (χ1) is 16.7. The van der Waals surface area contributed by atoms with E-state index >= 15 is 0 Å². The normalized spacial score (nSPS) is 44.1. The third-order valence-electron chi connectivity index (χ3n) is 7.59. The third-order valence-corrected chi connectivity index (χ3v) is 10.5. The summed E-state index contributed by atoms with van der Waals surface area (Å²) in [5, 5.41) is 0. The minimum Gasteiger partial charge on any atom is -0.379 e. The van der Waals surface area contributed by atoms with E-state index in [0.29, 0.717) is 13.2 Å².